The van der Waals surface area contributed by atoms with Crippen LogP contribution in [0.2, 0.25) is 0 Å². The number of aromatic hydroxyl groups is 1. The third kappa shape index (κ3) is 7.08. The monoisotopic (exact) mass is 710 g/mol. The molecule has 0 spiro atoms. The Labute approximate surface area is 296 Å². The number of allylic oxidation sites excluding steroid dienone is 4. The van der Waals surface area contributed by atoms with Crippen molar-refractivity contribution in [3.63, 3.8) is 0 Å². The molecule has 276 valence electrons. The molecule has 1 aromatic rings. The molecule has 14 heteroatoms. The van der Waals surface area contributed by atoms with Gasteiger partial charge in [-0.15, -0.1) is 0 Å². The highest BCUT2D eigenvalue weighted by Crippen LogP contribution is 2.48. The fourth-order valence-corrected chi connectivity index (χ4v) is 6.72. The molecule has 0 saturated carbocycles. The Bertz CT molecular complexity index is 1770. The molecule has 0 unspecified atom stereocenters. The number of esters is 1. The van der Waals surface area contributed by atoms with E-state index in [0.29, 0.717) is 0 Å². The summed E-state index contributed by atoms with van der Waals surface area (Å²) < 4.78 is 23.1. The van der Waals surface area contributed by atoms with Crippen molar-refractivity contribution in [2.45, 2.75) is 85.6 Å². The number of aliphatic hydroxyl groups is 2. The van der Waals surface area contributed by atoms with E-state index in [1.54, 1.807) is 33.8 Å². The first-order valence-electron chi connectivity index (χ1n) is 16.6. The summed E-state index contributed by atoms with van der Waals surface area (Å²) in [4.78, 5) is 66.8. The van der Waals surface area contributed by atoms with Crippen molar-refractivity contribution in [3.8, 4) is 11.5 Å². The number of methoxy groups -OCH3 is 1. The third-order valence-corrected chi connectivity index (χ3v) is 9.99. The standard InChI is InChI=1S/C37H46N2O12/c1-15-11-10-12-16(2)36(47)39-27-26(38)31(44)23-24(32(27)45)30(43)20(6)34-25(23)35(46)37(8,51-34)49-14-13-22(48-9)17(3)33(50-21(7)40)19(5)29(42)18(4)28(15)41/h10-15,17-19,22,28-29,33,41-43H,38H2,1-9H3,(H,39,47)/b11-10+,14-13+,16-12+/t15-,17+,18+,19+,22-,28-,29+,33+,37-/m0/s1. The number of ketones is 3. The van der Waals surface area contributed by atoms with Crippen molar-refractivity contribution >= 4 is 29.2 Å². The van der Waals surface area contributed by atoms with Crippen LogP contribution in [0.25, 0.3) is 0 Å². The van der Waals surface area contributed by atoms with Crippen LogP contribution in [0.1, 0.15) is 85.1 Å². The first kappa shape index (κ1) is 39.0. The van der Waals surface area contributed by atoms with Crippen LogP contribution in [-0.2, 0) is 23.8 Å². The number of nitrogens with one attached hydrogen (secondary N) is 1. The van der Waals surface area contributed by atoms with E-state index >= 15 is 0 Å². The molecule has 3 heterocycles. The molecule has 51 heavy (non-hydrogen) atoms. The van der Waals surface area contributed by atoms with Gasteiger partial charge in [-0.3, -0.25) is 24.0 Å². The van der Waals surface area contributed by atoms with Gasteiger partial charge in [0.25, 0.3) is 11.7 Å². The zero-order valence-electron chi connectivity index (χ0n) is 30.1. The maximum absolute atomic E-state index is 13.9. The molecule has 14 nitrogen and oxygen atoms in total. The number of benzene rings is 1. The molecule has 5 bridgehead atoms. The molecule has 0 saturated heterocycles. The predicted octanol–water partition coefficient (Wildman–Crippen LogP) is 2.92. The number of phenols is 1. The van der Waals surface area contributed by atoms with Gasteiger partial charge in [0.05, 0.1) is 41.3 Å². The average Bonchev–Trinajstić information content (AvgIpc) is 3.35. The second-order valence-corrected chi connectivity index (χ2v) is 13.6. The summed E-state index contributed by atoms with van der Waals surface area (Å²) in [5.74, 6) is -9.62. The SMILES string of the molecule is CO[C@H]1/C=C/O[C@@]2(C)Oc3c(C)c(O)c4c(c3C2=O)C(=O)C(N)=C(NC(=O)/C(C)=C/C=C/[C@H](C)[C@H](O)[C@@H](C)[C@@H](O)[C@@H](C)[C@H](OC(C)=O)[C@@H]1C)C4=O. The second kappa shape index (κ2) is 14.8. The summed E-state index contributed by atoms with van der Waals surface area (Å²) in [5.41, 5.74) is 3.62. The molecular formula is C37H46N2O12. The summed E-state index contributed by atoms with van der Waals surface area (Å²) >= 11 is 0. The lowest BCUT2D eigenvalue weighted by molar-refractivity contribution is -0.160. The number of carbonyl (C=O) groups excluding carboxylic acids is 5. The van der Waals surface area contributed by atoms with Gasteiger partial charge >= 0.3 is 11.8 Å². The van der Waals surface area contributed by atoms with E-state index in [1.807, 2.05) is 0 Å². The van der Waals surface area contributed by atoms with Gasteiger partial charge in [0, 0.05) is 55.8 Å². The number of fused-ring (bicyclic) bond motifs is 14. The zero-order chi connectivity index (χ0) is 38.3. The highest BCUT2D eigenvalue weighted by Gasteiger charge is 2.52. The van der Waals surface area contributed by atoms with Crippen LogP contribution in [0, 0.1) is 30.6 Å². The Kier molecular flexibility index (Phi) is 11.3. The number of ether oxygens (including phenoxy) is 4. The number of aliphatic hydroxyl groups excluding tert-OH is 2. The highest BCUT2D eigenvalue weighted by atomic mass is 16.7. The molecule has 1 amide bonds. The zero-order valence-corrected chi connectivity index (χ0v) is 30.1. The van der Waals surface area contributed by atoms with Gasteiger partial charge < -0.3 is 45.3 Å². The molecule has 6 N–H and O–H groups in total. The summed E-state index contributed by atoms with van der Waals surface area (Å²) in [6.45, 7) is 12.2. The van der Waals surface area contributed by atoms with Crippen LogP contribution in [-0.4, -0.2) is 81.9 Å². The molecule has 9 atom stereocenters. The molecule has 4 aliphatic rings. The van der Waals surface area contributed by atoms with Gasteiger partial charge in [-0.05, 0) is 19.9 Å². The van der Waals surface area contributed by atoms with Crippen molar-refractivity contribution in [2.75, 3.05) is 7.11 Å². The third-order valence-electron chi connectivity index (χ3n) is 9.99. The van der Waals surface area contributed by atoms with Crippen molar-refractivity contribution in [3.05, 3.63) is 69.8 Å². The Morgan fingerprint density at radius 1 is 0.941 bits per heavy atom. The highest BCUT2D eigenvalue weighted by molar-refractivity contribution is 6.32. The number of rotatable bonds is 2. The van der Waals surface area contributed by atoms with Crippen LogP contribution < -0.4 is 15.8 Å². The fraction of sp³-hybridized carbons (Fsp3) is 0.486. The predicted molar refractivity (Wildman–Crippen MR) is 182 cm³/mol. The minimum Gasteiger partial charge on any atom is -0.507 e. The minimum atomic E-state index is -2.08. The molecule has 1 aromatic carbocycles. The number of phenolic OH excluding ortho intramolecular Hbond substituents is 1. The Morgan fingerprint density at radius 2 is 1.59 bits per heavy atom. The van der Waals surface area contributed by atoms with Gasteiger partial charge in [0.1, 0.15) is 29.0 Å². The molecular weight excluding hydrogens is 664 g/mol. The van der Waals surface area contributed by atoms with Crippen LogP contribution >= 0.6 is 0 Å². The maximum atomic E-state index is 13.9. The van der Waals surface area contributed by atoms with E-state index in [1.165, 1.54) is 53.0 Å². The smallest absolute Gasteiger partial charge is 0.312 e. The summed E-state index contributed by atoms with van der Waals surface area (Å²) in [6, 6.07) is 0. The summed E-state index contributed by atoms with van der Waals surface area (Å²) in [7, 11) is 1.41. The van der Waals surface area contributed by atoms with Gasteiger partial charge in [0.15, 0.2) is 0 Å². The first-order valence-corrected chi connectivity index (χ1v) is 16.6. The lowest BCUT2D eigenvalue weighted by atomic mass is 9.78. The quantitative estimate of drug-likeness (QED) is 0.279. The van der Waals surface area contributed by atoms with E-state index < -0.39 is 111 Å². The first-order chi connectivity index (χ1) is 23.8. The normalized spacial score (nSPS) is 34.2. The van der Waals surface area contributed by atoms with Crippen molar-refractivity contribution in [1.82, 2.24) is 5.32 Å². The summed E-state index contributed by atoms with van der Waals surface area (Å²) in [5, 5.41) is 36.1. The number of hydrogen-bond donors (Lipinski definition) is 5. The molecule has 5 rings (SSSR count). The lowest BCUT2D eigenvalue weighted by Gasteiger charge is -2.38. The molecule has 3 aliphatic heterocycles. The van der Waals surface area contributed by atoms with Gasteiger partial charge in [-0.2, -0.15) is 0 Å². The van der Waals surface area contributed by atoms with Crippen LogP contribution in [0.5, 0.6) is 11.5 Å². The Morgan fingerprint density at radius 3 is 2.20 bits per heavy atom. The average molecular weight is 711 g/mol. The van der Waals surface area contributed by atoms with Crippen LogP contribution in [0.3, 0.4) is 0 Å². The molecule has 0 aromatic heterocycles. The minimum absolute atomic E-state index is 0.0295. The number of carbonyl (C=O) groups is 5. The van der Waals surface area contributed by atoms with Gasteiger partial charge in [-0.1, -0.05) is 45.9 Å². The fourth-order valence-electron chi connectivity index (χ4n) is 6.72. The van der Waals surface area contributed by atoms with Crippen LogP contribution in [0.4, 0.5) is 0 Å². The number of hydrogen-bond acceptors (Lipinski definition) is 13. The van der Waals surface area contributed by atoms with E-state index in [-0.39, 0.29) is 22.4 Å². The maximum Gasteiger partial charge on any atom is 0.312 e. The van der Waals surface area contributed by atoms with Crippen molar-refractivity contribution in [2.24, 2.45) is 29.4 Å². The van der Waals surface area contributed by atoms with Gasteiger partial charge in [-0.25, -0.2) is 0 Å². The number of nitrogens with two attached hydrogens (primary N) is 1. The van der Waals surface area contributed by atoms with E-state index in [0.717, 1.165) is 6.26 Å². The number of Topliss-reactive ketones (excluding diaryl/α,β-unsaturated/α-hetero) is 3. The Balaban J connectivity index is 1.86. The molecule has 0 fully saturated rings. The van der Waals surface area contributed by atoms with E-state index in [2.05, 4.69) is 5.32 Å². The largest absolute Gasteiger partial charge is 0.507 e. The van der Waals surface area contributed by atoms with Crippen molar-refractivity contribution in [1.29, 1.82) is 0 Å². The number of amides is 1. The van der Waals surface area contributed by atoms with Crippen LogP contribution in [0.15, 0.2) is 47.5 Å². The van der Waals surface area contributed by atoms with Gasteiger partial charge in [0.2, 0.25) is 11.6 Å². The molecule has 0 radical (unpaired) electrons. The van der Waals surface area contributed by atoms with E-state index in [9.17, 15) is 39.3 Å². The van der Waals surface area contributed by atoms with Crippen molar-refractivity contribution < 1.29 is 58.2 Å². The lowest BCUT2D eigenvalue weighted by Crippen LogP contribution is -2.46. The second-order valence-electron chi connectivity index (χ2n) is 13.6. The topological polar surface area (TPSA) is 221 Å². The van der Waals surface area contributed by atoms with E-state index in [4.69, 9.17) is 24.7 Å². The Hall–Kier alpha value is -4.79. The molecule has 1 aliphatic carbocycles. The summed E-state index contributed by atoms with van der Waals surface area (Å²) in [6.07, 6.45) is 3.25.